The molecule has 6 nitrogen and oxygen atoms in total. The zero-order valence-corrected chi connectivity index (χ0v) is 10.3. The molecular formula is C13H11NO5. The molecule has 0 aliphatic heterocycles. The van der Waals surface area contributed by atoms with Gasteiger partial charge in [0.2, 0.25) is 0 Å². The molecule has 1 aromatic carbocycles. The fourth-order valence-corrected chi connectivity index (χ4v) is 1.98. The van der Waals surface area contributed by atoms with Crippen molar-refractivity contribution in [2.75, 3.05) is 7.11 Å². The molecule has 98 valence electrons. The monoisotopic (exact) mass is 261 g/mol. The summed E-state index contributed by atoms with van der Waals surface area (Å²) in [5, 5.41) is 9.09. The maximum Gasteiger partial charge on any atom is 0.377 e. The average Bonchev–Trinajstić information content (AvgIpc) is 2.80. The summed E-state index contributed by atoms with van der Waals surface area (Å²) in [5.41, 5.74) is 0.749. The molecule has 1 heterocycles. The molecule has 2 N–H and O–H groups in total. The number of methoxy groups -OCH3 is 1. The Balaban J connectivity index is 2.82. The molecule has 0 unspecified atom stereocenters. The van der Waals surface area contributed by atoms with Crippen molar-refractivity contribution in [2.45, 2.75) is 6.92 Å². The van der Waals surface area contributed by atoms with E-state index in [4.69, 9.17) is 9.84 Å². The lowest BCUT2D eigenvalue weighted by Gasteiger charge is -2.06. The van der Waals surface area contributed by atoms with E-state index in [1.165, 1.54) is 26.3 Å². The van der Waals surface area contributed by atoms with Crippen molar-refractivity contribution in [3.05, 3.63) is 29.5 Å². The third-order valence-electron chi connectivity index (χ3n) is 2.84. The Morgan fingerprint density at radius 3 is 2.42 bits per heavy atom. The Bertz CT molecular complexity index is 698. The quantitative estimate of drug-likeness (QED) is 0.644. The lowest BCUT2D eigenvalue weighted by atomic mass is 10.0. The molecule has 0 aliphatic carbocycles. The summed E-state index contributed by atoms with van der Waals surface area (Å²) in [6.45, 7) is 1.39. The lowest BCUT2D eigenvalue weighted by Crippen LogP contribution is -2.12. The standard InChI is InChI=1S/C13H11NO5/c1-6(15)7-3-4-9(19-2)10-8(5-14-11(7)10)12(16)13(17)18/h3-5,14H,1-2H3,(H,17,18). The van der Waals surface area contributed by atoms with Crippen molar-refractivity contribution in [3.63, 3.8) is 0 Å². The number of carbonyl (C=O) groups excluding carboxylic acids is 2. The summed E-state index contributed by atoms with van der Waals surface area (Å²) in [6.07, 6.45) is 1.27. The van der Waals surface area contributed by atoms with Crippen molar-refractivity contribution in [3.8, 4) is 5.75 Å². The fourth-order valence-electron chi connectivity index (χ4n) is 1.98. The molecule has 0 fully saturated rings. The average molecular weight is 261 g/mol. The van der Waals surface area contributed by atoms with E-state index in [2.05, 4.69) is 4.98 Å². The van der Waals surface area contributed by atoms with Gasteiger partial charge in [0.1, 0.15) is 5.75 Å². The minimum atomic E-state index is -1.56. The maximum atomic E-state index is 11.6. The number of carboxylic acid groups (broad SMARTS) is 1. The number of benzene rings is 1. The van der Waals surface area contributed by atoms with Crippen molar-refractivity contribution >= 4 is 28.4 Å². The molecule has 0 radical (unpaired) electrons. The van der Waals surface area contributed by atoms with E-state index in [1.54, 1.807) is 6.07 Å². The van der Waals surface area contributed by atoms with Crippen LogP contribution in [0.5, 0.6) is 5.75 Å². The summed E-state index contributed by atoms with van der Waals surface area (Å²) in [4.78, 5) is 36.7. The molecule has 0 spiro atoms. The highest BCUT2D eigenvalue weighted by Crippen LogP contribution is 2.31. The van der Waals surface area contributed by atoms with Gasteiger partial charge in [-0.05, 0) is 19.1 Å². The highest BCUT2D eigenvalue weighted by Gasteiger charge is 2.23. The van der Waals surface area contributed by atoms with Gasteiger partial charge in [-0.3, -0.25) is 9.59 Å². The van der Waals surface area contributed by atoms with Crippen LogP contribution in [0.2, 0.25) is 0 Å². The van der Waals surface area contributed by atoms with Crippen LogP contribution >= 0.6 is 0 Å². The van der Waals surface area contributed by atoms with E-state index < -0.39 is 11.8 Å². The number of aromatic nitrogens is 1. The smallest absolute Gasteiger partial charge is 0.377 e. The number of fused-ring (bicyclic) bond motifs is 1. The molecule has 0 bridgehead atoms. The second-order valence-corrected chi connectivity index (χ2v) is 3.96. The number of hydrogen-bond donors (Lipinski definition) is 2. The van der Waals surface area contributed by atoms with E-state index in [1.807, 2.05) is 0 Å². The van der Waals surface area contributed by atoms with Gasteiger partial charge in [-0.1, -0.05) is 0 Å². The van der Waals surface area contributed by atoms with Gasteiger partial charge >= 0.3 is 5.97 Å². The Morgan fingerprint density at radius 2 is 1.89 bits per heavy atom. The van der Waals surface area contributed by atoms with Crippen LogP contribution in [-0.4, -0.2) is 34.7 Å². The third kappa shape index (κ3) is 1.97. The molecule has 19 heavy (non-hydrogen) atoms. The number of ether oxygens (including phenoxy) is 1. The second-order valence-electron chi connectivity index (χ2n) is 3.96. The van der Waals surface area contributed by atoms with E-state index >= 15 is 0 Å². The van der Waals surface area contributed by atoms with Gasteiger partial charge in [-0.25, -0.2) is 4.79 Å². The third-order valence-corrected chi connectivity index (χ3v) is 2.84. The molecule has 2 aromatic rings. The Morgan fingerprint density at radius 1 is 1.21 bits per heavy atom. The van der Waals surface area contributed by atoms with Gasteiger partial charge in [0.15, 0.2) is 5.78 Å². The summed E-state index contributed by atoms with van der Waals surface area (Å²) < 4.78 is 5.11. The SMILES string of the molecule is COc1ccc(C(C)=O)c2[nH]cc(C(=O)C(=O)O)c12. The van der Waals surface area contributed by atoms with Crippen LogP contribution < -0.4 is 4.74 Å². The zero-order valence-electron chi connectivity index (χ0n) is 10.3. The fraction of sp³-hybridized carbons (Fsp3) is 0.154. The summed E-state index contributed by atoms with van der Waals surface area (Å²) >= 11 is 0. The van der Waals surface area contributed by atoms with Gasteiger partial charge in [0.25, 0.3) is 5.78 Å². The van der Waals surface area contributed by atoms with Gasteiger partial charge in [-0.2, -0.15) is 0 Å². The number of aliphatic carboxylic acids is 1. The van der Waals surface area contributed by atoms with Crippen LogP contribution in [0.25, 0.3) is 10.9 Å². The zero-order chi connectivity index (χ0) is 14.2. The Kier molecular flexibility index (Phi) is 3.08. The second kappa shape index (κ2) is 4.56. The van der Waals surface area contributed by atoms with E-state index in [-0.39, 0.29) is 11.3 Å². The van der Waals surface area contributed by atoms with Gasteiger partial charge in [-0.15, -0.1) is 0 Å². The molecule has 6 heteroatoms. The topological polar surface area (TPSA) is 96.5 Å². The molecule has 0 atom stereocenters. The number of rotatable bonds is 4. The summed E-state index contributed by atoms with van der Waals surface area (Å²) in [7, 11) is 1.41. The first-order valence-corrected chi connectivity index (χ1v) is 5.44. The normalized spacial score (nSPS) is 10.4. The van der Waals surface area contributed by atoms with Crippen LogP contribution in [0, 0.1) is 0 Å². The number of ketones is 2. The van der Waals surface area contributed by atoms with Crippen LogP contribution in [0.15, 0.2) is 18.3 Å². The predicted molar refractivity (Wildman–Crippen MR) is 66.8 cm³/mol. The van der Waals surface area contributed by atoms with Crippen molar-refractivity contribution in [1.29, 1.82) is 0 Å². The van der Waals surface area contributed by atoms with Crippen LogP contribution in [0.4, 0.5) is 0 Å². The van der Waals surface area contributed by atoms with E-state index in [9.17, 15) is 14.4 Å². The predicted octanol–water partition coefficient (Wildman–Crippen LogP) is 1.65. The number of Topliss-reactive ketones (excluding diaryl/α,β-unsaturated/α-hetero) is 2. The Hall–Kier alpha value is -2.63. The molecule has 1 aromatic heterocycles. The summed E-state index contributed by atoms with van der Waals surface area (Å²) in [6, 6.07) is 3.10. The molecule has 2 rings (SSSR count). The van der Waals surface area contributed by atoms with Gasteiger partial charge in [0.05, 0.1) is 23.6 Å². The van der Waals surface area contributed by atoms with Gasteiger partial charge < -0.3 is 14.8 Å². The highest BCUT2D eigenvalue weighted by atomic mass is 16.5. The first kappa shape index (κ1) is 12.8. The largest absolute Gasteiger partial charge is 0.496 e. The van der Waals surface area contributed by atoms with Crippen LogP contribution in [0.3, 0.4) is 0 Å². The minimum Gasteiger partial charge on any atom is -0.496 e. The Labute approximate surface area is 108 Å². The lowest BCUT2D eigenvalue weighted by molar-refractivity contribution is -0.131. The first-order valence-electron chi connectivity index (χ1n) is 5.44. The van der Waals surface area contributed by atoms with Crippen molar-refractivity contribution in [2.24, 2.45) is 0 Å². The van der Waals surface area contributed by atoms with Crippen molar-refractivity contribution in [1.82, 2.24) is 4.98 Å². The van der Waals surface area contributed by atoms with E-state index in [0.29, 0.717) is 22.2 Å². The van der Waals surface area contributed by atoms with Crippen LogP contribution in [-0.2, 0) is 4.79 Å². The molecule has 0 amide bonds. The molecule has 0 aliphatic rings. The maximum absolute atomic E-state index is 11.6. The van der Waals surface area contributed by atoms with Crippen LogP contribution in [0.1, 0.15) is 27.6 Å². The minimum absolute atomic E-state index is 0.0255. The number of hydrogen-bond acceptors (Lipinski definition) is 4. The molecule has 0 saturated carbocycles. The number of H-pyrrole nitrogens is 1. The number of aromatic amines is 1. The number of carboxylic acids is 1. The number of nitrogens with one attached hydrogen (secondary N) is 1. The van der Waals surface area contributed by atoms with Gasteiger partial charge in [0, 0.05) is 11.8 Å². The van der Waals surface area contributed by atoms with Crippen molar-refractivity contribution < 1.29 is 24.2 Å². The number of carbonyl (C=O) groups is 3. The molecule has 0 saturated heterocycles. The first-order chi connectivity index (χ1) is 8.97. The molecular weight excluding hydrogens is 250 g/mol. The highest BCUT2D eigenvalue weighted by molar-refractivity contribution is 6.42. The summed E-state index contributed by atoms with van der Waals surface area (Å²) in [5.74, 6) is -2.46. The van der Waals surface area contributed by atoms with E-state index in [0.717, 1.165) is 0 Å².